The van der Waals surface area contributed by atoms with Crippen molar-refractivity contribution >= 4 is 28.9 Å². The number of nitrogens with two attached hydrogens (primary N) is 1. The van der Waals surface area contributed by atoms with E-state index >= 15 is 0 Å². The summed E-state index contributed by atoms with van der Waals surface area (Å²) in [6.07, 6.45) is 0. The van der Waals surface area contributed by atoms with E-state index in [2.05, 4.69) is 5.32 Å². The maximum atomic E-state index is 13.0. The number of aryl methyl sites for hydroxylation is 1. The van der Waals surface area contributed by atoms with Gasteiger partial charge < -0.3 is 15.8 Å². The molecule has 3 N–H and O–H groups in total. The molecule has 2 aromatic carbocycles. The third-order valence-electron chi connectivity index (χ3n) is 2.74. The summed E-state index contributed by atoms with van der Waals surface area (Å²) < 4.78 is 18.2. The van der Waals surface area contributed by atoms with Gasteiger partial charge in [-0.05, 0) is 36.8 Å². The highest BCUT2D eigenvalue weighted by Crippen LogP contribution is 2.22. The van der Waals surface area contributed by atoms with Gasteiger partial charge in [0.05, 0.1) is 16.4 Å². The topological polar surface area (TPSA) is 64.3 Å². The SMILES string of the molecule is Cc1ccc(NC(=O)COc2ccc(F)c(Cl)c2)c(N)c1. The van der Waals surface area contributed by atoms with Crippen LogP contribution in [0, 0.1) is 12.7 Å². The van der Waals surface area contributed by atoms with Gasteiger partial charge in [-0.15, -0.1) is 0 Å². The minimum atomic E-state index is -0.541. The molecule has 0 aromatic heterocycles. The van der Waals surface area contributed by atoms with Crippen LogP contribution in [0.15, 0.2) is 36.4 Å². The Bertz CT molecular complexity index is 677. The molecule has 21 heavy (non-hydrogen) atoms. The molecule has 6 heteroatoms. The van der Waals surface area contributed by atoms with Crippen LogP contribution in [-0.2, 0) is 4.79 Å². The monoisotopic (exact) mass is 308 g/mol. The fraction of sp³-hybridized carbons (Fsp3) is 0.133. The first-order valence-corrected chi connectivity index (χ1v) is 6.57. The molecule has 0 bridgehead atoms. The fourth-order valence-corrected chi connectivity index (χ4v) is 1.87. The Kier molecular flexibility index (Phi) is 4.65. The van der Waals surface area contributed by atoms with Crippen LogP contribution in [0.2, 0.25) is 5.02 Å². The number of nitrogen functional groups attached to an aromatic ring is 1. The van der Waals surface area contributed by atoms with Crippen LogP contribution in [0.5, 0.6) is 5.75 Å². The third-order valence-corrected chi connectivity index (χ3v) is 3.03. The maximum absolute atomic E-state index is 13.0. The quantitative estimate of drug-likeness (QED) is 0.851. The van der Waals surface area contributed by atoms with E-state index in [1.54, 1.807) is 12.1 Å². The lowest BCUT2D eigenvalue weighted by Gasteiger charge is -2.10. The van der Waals surface area contributed by atoms with E-state index in [9.17, 15) is 9.18 Å². The van der Waals surface area contributed by atoms with Crippen molar-refractivity contribution in [2.24, 2.45) is 0 Å². The van der Waals surface area contributed by atoms with Gasteiger partial charge in [-0.1, -0.05) is 17.7 Å². The Morgan fingerprint density at radius 1 is 1.33 bits per heavy atom. The van der Waals surface area contributed by atoms with Gasteiger partial charge in [0.2, 0.25) is 0 Å². The van der Waals surface area contributed by atoms with E-state index in [0.29, 0.717) is 17.1 Å². The number of benzene rings is 2. The Labute approximate surface area is 126 Å². The zero-order valence-corrected chi connectivity index (χ0v) is 12.1. The van der Waals surface area contributed by atoms with Crippen molar-refractivity contribution in [2.45, 2.75) is 6.92 Å². The molecule has 0 unspecified atom stereocenters. The molecule has 0 atom stereocenters. The van der Waals surface area contributed by atoms with Crippen molar-refractivity contribution in [3.8, 4) is 5.75 Å². The number of nitrogens with one attached hydrogen (secondary N) is 1. The summed E-state index contributed by atoms with van der Waals surface area (Å²) in [5, 5.41) is 2.58. The number of hydrogen-bond donors (Lipinski definition) is 2. The normalized spacial score (nSPS) is 10.2. The van der Waals surface area contributed by atoms with Gasteiger partial charge in [-0.25, -0.2) is 4.39 Å². The number of hydrogen-bond acceptors (Lipinski definition) is 3. The molecule has 0 radical (unpaired) electrons. The third kappa shape index (κ3) is 4.10. The molecule has 2 aromatic rings. The molecule has 0 aliphatic heterocycles. The minimum absolute atomic E-state index is 0.0595. The Morgan fingerprint density at radius 3 is 2.76 bits per heavy atom. The summed E-state index contributed by atoms with van der Waals surface area (Å²) in [6, 6.07) is 9.20. The molecule has 0 saturated heterocycles. The summed E-state index contributed by atoms with van der Waals surface area (Å²) in [4.78, 5) is 11.8. The lowest BCUT2D eigenvalue weighted by atomic mass is 10.2. The number of carbonyl (C=O) groups excluding carboxylic acids is 1. The van der Waals surface area contributed by atoms with Crippen LogP contribution < -0.4 is 15.8 Å². The summed E-state index contributed by atoms with van der Waals surface area (Å²) in [6.45, 7) is 1.68. The molecule has 0 spiro atoms. The second-order valence-corrected chi connectivity index (χ2v) is 4.91. The van der Waals surface area contributed by atoms with Gasteiger partial charge in [0.25, 0.3) is 5.91 Å². The van der Waals surface area contributed by atoms with Gasteiger partial charge >= 0.3 is 0 Å². The van der Waals surface area contributed by atoms with Crippen molar-refractivity contribution in [2.75, 3.05) is 17.7 Å². The Hall–Kier alpha value is -2.27. The van der Waals surface area contributed by atoms with E-state index in [1.807, 2.05) is 13.0 Å². The molecule has 0 heterocycles. The minimum Gasteiger partial charge on any atom is -0.484 e. The smallest absolute Gasteiger partial charge is 0.262 e. The maximum Gasteiger partial charge on any atom is 0.262 e. The molecule has 2 rings (SSSR count). The zero-order chi connectivity index (χ0) is 15.4. The Balaban J connectivity index is 1.94. The molecule has 0 aliphatic carbocycles. The highest BCUT2D eigenvalue weighted by molar-refractivity contribution is 6.30. The van der Waals surface area contributed by atoms with Crippen LogP contribution in [0.25, 0.3) is 0 Å². The number of amides is 1. The molecular formula is C15H14ClFN2O2. The number of halogens is 2. The highest BCUT2D eigenvalue weighted by Gasteiger charge is 2.07. The van der Waals surface area contributed by atoms with Crippen LogP contribution in [0.1, 0.15) is 5.56 Å². The van der Waals surface area contributed by atoms with Gasteiger partial charge in [-0.2, -0.15) is 0 Å². The van der Waals surface area contributed by atoms with Gasteiger partial charge in [0.1, 0.15) is 11.6 Å². The first-order chi connectivity index (χ1) is 9.95. The van der Waals surface area contributed by atoms with Crippen molar-refractivity contribution in [3.63, 3.8) is 0 Å². The van der Waals surface area contributed by atoms with Crippen molar-refractivity contribution in [1.82, 2.24) is 0 Å². The van der Waals surface area contributed by atoms with Crippen LogP contribution in [-0.4, -0.2) is 12.5 Å². The number of anilines is 2. The summed E-state index contributed by atoms with van der Waals surface area (Å²) in [5.74, 6) is -0.597. The fourth-order valence-electron chi connectivity index (χ4n) is 1.70. The highest BCUT2D eigenvalue weighted by atomic mass is 35.5. The van der Waals surface area contributed by atoms with Crippen molar-refractivity contribution < 1.29 is 13.9 Å². The van der Waals surface area contributed by atoms with Crippen LogP contribution >= 0.6 is 11.6 Å². The molecular weight excluding hydrogens is 295 g/mol. The largest absolute Gasteiger partial charge is 0.484 e. The predicted octanol–water partition coefficient (Wildman–Crippen LogP) is 3.39. The first-order valence-electron chi connectivity index (χ1n) is 6.19. The average molecular weight is 309 g/mol. The zero-order valence-electron chi connectivity index (χ0n) is 11.3. The average Bonchev–Trinajstić information content (AvgIpc) is 2.43. The van der Waals surface area contributed by atoms with Gasteiger partial charge in [0.15, 0.2) is 6.61 Å². The first kappa shape index (κ1) is 15.1. The lowest BCUT2D eigenvalue weighted by molar-refractivity contribution is -0.118. The van der Waals surface area contributed by atoms with Crippen LogP contribution in [0.4, 0.5) is 15.8 Å². The predicted molar refractivity (Wildman–Crippen MR) is 81.1 cm³/mol. The summed E-state index contributed by atoms with van der Waals surface area (Å²) in [5.41, 5.74) is 7.80. The molecule has 0 saturated carbocycles. The van der Waals surface area contributed by atoms with E-state index in [-0.39, 0.29) is 17.5 Å². The van der Waals surface area contributed by atoms with Crippen LogP contribution in [0.3, 0.4) is 0 Å². The molecule has 1 amide bonds. The van der Waals surface area contributed by atoms with Crippen molar-refractivity contribution in [3.05, 3.63) is 52.8 Å². The number of ether oxygens (including phenoxy) is 1. The number of rotatable bonds is 4. The molecule has 0 fully saturated rings. The molecule has 4 nitrogen and oxygen atoms in total. The van der Waals surface area contributed by atoms with Gasteiger partial charge in [-0.3, -0.25) is 4.79 Å². The van der Waals surface area contributed by atoms with Crippen molar-refractivity contribution in [1.29, 1.82) is 0 Å². The molecule has 0 aliphatic rings. The summed E-state index contributed by atoms with van der Waals surface area (Å²) >= 11 is 5.62. The van der Waals surface area contributed by atoms with E-state index in [1.165, 1.54) is 18.2 Å². The lowest BCUT2D eigenvalue weighted by Crippen LogP contribution is -2.20. The van der Waals surface area contributed by atoms with Gasteiger partial charge in [0, 0.05) is 6.07 Å². The second-order valence-electron chi connectivity index (χ2n) is 4.50. The van der Waals surface area contributed by atoms with E-state index in [0.717, 1.165) is 5.56 Å². The second kappa shape index (κ2) is 6.45. The molecule has 110 valence electrons. The van der Waals surface area contributed by atoms with E-state index < -0.39 is 5.82 Å². The standard InChI is InChI=1S/C15H14ClFN2O2/c1-9-2-5-14(13(18)6-9)19-15(20)8-21-10-3-4-12(17)11(16)7-10/h2-7H,8,18H2,1H3,(H,19,20). The van der Waals surface area contributed by atoms with E-state index in [4.69, 9.17) is 22.1 Å². The number of carbonyl (C=O) groups is 1. The Morgan fingerprint density at radius 2 is 2.10 bits per heavy atom. The summed E-state index contributed by atoms with van der Waals surface area (Å²) in [7, 11) is 0.